The van der Waals surface area contributed by atoms with Crippen molar-refractivity contribution in [2.45, 2.75) is 18.8 Å². The molecule has 2 heterocycles. The van der Waals surface area contributed by atoms with Crippen molar-refractivity contribution in [1.29, 1.82) is 0 Å². The van der Waals surface area contributed by atoms with Crippen molar-refractivity contribution in [2.24, 2.45) is 0 Å². The summed E-state index contributed by atoms with van der Waals surface area (Å²) < 4.78 is 7.35. The van der Waals surface area contributed by atoms with Crippen LogP contribution in [-0.2, 0) is 6.42 Å². The lowest BCUT2D eigenvalue weighted by Gasteiger charge is -2.24. The van der Waals surface area contributed by atoms with Gasteiger partial charge in [0.15, 0.2) is 0 Å². The summed E-state index contributed by atoms with van der Waals surface area (Å²) in [5.41, 5.74) is 3.51. The van der Waals surface area contributed by atoms with Gasteiger partial charge in [-0.3, -0.25) is 0 Å². The predicted molar refractivity (Wildman–Crippen MR) is 110 cm³/mol. The second kappa shape index (κ2) is 7.64. The molecule has 0 fully saturated rings. The van der Waals surface area contributed by atoms with Gasteiger partial charge in [0.25, 0.3) is 0 Å². The van der Waals surface area contributed by atoms with Gasteiger partial charge in [-0.25, -0.2) is 4.98 Å². The summed E-state index contributed by atoms with van der Waals surface area (Å²) >= 11 is 1.79. The van der Waals surface area contributed by atoms with Gasteiger partial charge in [0.05, 0.1) is 16.8 Å². The van der Waals surface area contributed by atoms with E-state index in [0.29, 0.717) is 12.5 Å². The summed E-state index contributed by atoms with van der Waals surface area (Å²) in [7, 11) is 4.21. The molecule has 0 spiro atoms. The van der Waals surface area contributed by atoms with Gasteiger partial charge in [0.2, 0.25) is 0 Å². The van der Waals surface area contributed by atoms with Gasteiger partial charge < -0.3 is 15.0 Å². The molecule has 4 nitrogen and oxygen atoms in total. The monoisotopic (exact) mass is 367 g/mol. The van der Waals surface area contributed by atoms with E-state index in [2.05, 4.69) is 60.7 Å². The zero-order valence-electron chi connectivity index (χ0n) is 15.4. The maximum atomic E-state index is 6.09. The first-order chi connectivity index (χ1) is 12.7. The third kappa shape index (κ3) is 3.84. The lowest BCUT2D eigenvalue weighted by molar-refractivity contribution is 0.262. The molecule has 1 aromatic heterocycles. The molecule has 3 aromatic rings. The SMILES string of the molecule is CN(C)CCCNc1ccc2c(c1)OCC(c1nc3ccccc3s1)C2. The fourth-order valence-electron chi connectivity index (χ4n) is 3.33. The van der Waals surface area contributed by atoms with Gasteiger partial charge >= 0.3 is 0 Å². The summed E-state index contributed by atoms with van der Waals surface area (Å²) in [5.74, 6) is 1.36. The molecule has 5 heteroatoms. The van der Waals surface area contributed by atoms with Crippen LogP contribution >= 0.6 is 11.3 Å². The van der Waals surface area contributed by atoms with Gasteiger partial charge in [0, 0.05) is 24.2 Å². The molecule has 4 rings (SSSR count). The number of nitrogens with zero attached hydrogens (tertiary/aromatic N) is 2. The van der Waals surface area contributed by atoms with Crippen molar-refractivity contribution in [3.63, 3.8) is 0 Å². The summed E-state index contributed by atoms with van der Waals surface area (Å²) in [4.78, 5) is 7.02. The van der Waals surface area contributed by atoms with E-state index in [0.717, 1.165) is 42.9 Å². The molecule has 0 saturated heterocycles. The fraction of sp³-hybridized carbons (Fsp3) is 0.381. The van der Waals surface area contributed by atoms with E-state index in [9.17, 15) is 0 Å². The molecule has 2 aromatic carbocycles. The maximum absolute atomic E-state index is 6.09. The number of nitrogens with one attached hydrogen (secondary N) is 1. The van der Waals surface area contributed by atoms with Crippen molar-refractivity contribution >= 4 is 27.2 Å². The normalized spacial score (nSPS) is 16.5. The molecule has 1 aliphatic rings. The number of para-hydroxylation sites is 1. The van der Waals surface area contributed by atoms with E-state index in [-0.39, 0.29) is 0 Å². The maximum Gasteiger partial charge on any atom is 0.124 e. The van der Waals surface area contributed by atoms with Crippen LogP contribution in [0, 0.1) is 0 Å². The Bertz CT molecular complexity index is 857. The Labute approximate surface area is 158 Å². The minimum Gasteiger partial charge on any atom is -0.492 e. The molecular weight excluding hydrogens is 342 g/mol. The smallest absolute Gasteiger partial charge is 0.124 e. The van der Waals surface area contributed by atoms with Crippen molar-refractivity contribution in [2.75, 3.05) is 39.1 Å². The lowest BCUT2D eigenvalue weighted by atomic mass is 9.97. The number of hydrogen-bond donors (Lipinski definition) is 1. The van der Waals surface area contributed by atoms with E-state index in [1.165, 1.54) is 15.3 Å². The van der Waals surface area contributed by atoms with Crippen LogP contribution in [0.15, 0.2) is 42.5 Å². The number of anilines is 1. The van der Waals surface area contributed by atoms with E-state index in [4.69, 9.17) is 9.72 Å². The second-order valence-electron chi connectivity index (χ2n) is 7.14. The van der Waals surface area contributed by atoms with Crippen LogP contribution < -0.4 is 10.1 Å². The largest absolute Gasteiger partial charge is 0.492 e. The molecular formula is C21H25N3OS. The molecule has 1 N–H and O–H groups in total. The number of rotatable bonds is 6. The van der Waals surface area contributed by atoms with Crippen LogP contribution in [0.5, 0.6) is 5.75 Å². The highest BCUT2D eigenvalue weighted by Crippen LogP contribution is 2.36. The third-order valence-electron chi connectivity index (χ3n) is 4.74. The van der Waals surface area contributed by atoms with Crippen molar-refractivity contribution in [3.8, 4) is 5.75 Å². The Hall–Kier alpha value is -2.11. The lowest BCUT2D eigenvalue weighted by Crippen LogP contribution is -2.19. The Morgan fingerprint density at radius 3 is 2.96 bits per heavy atom. The van der Waals surface area contributed by atoms with E-state index >= 15 is 0 Å². The number of aromatic nitrogens is 1. The Balaban J connectivity index is 1.42. The number of thiazole rings is 1. The Kier molecular flexibility index (Phi) is 5.09. The molecule has 0 amide bonds. The molecule has 26 heavy (non-hydrogen) atoms. The van der Waals surface area contributed by atoms with Crippen molar-refractivity contribution in [3.05, 3.63) is 53.0 Å². The minimum absolute atomic E-state index is 0.346. The average Bonchev–Trinajstić information content (AvgIpc) is 3.09. The molecule has 0 radical (unpaired) electrons. The standard InChI is InChI=1S/C21H25N3OS/c1-24(2)11-5-10-22-17-9-8-15-12-16(14-25-19(15)13-17)21-23-18-6-3-4-7-20(18)26-21/h3-4,6-9,13,16,22H,5,10-12,14H2,1-2H3. The zero-order valence-corrected chi connectivity index (χ0v) is 16.2. The molecule has 0 saturated carbocycles. The average molecular weight is 368 g/mol. The quantitative estimate of drug-likeness (QED) is 0.656. The van der Waals surface area contributed by atoms with Crippen molar-refractivity contribution < 1.29 is 4.74 Å². The number of benzene rings is 2. The Morgan fingerprint density at radius 2 is 2.12 bits per heavy atom. The van der Waals surface area contributed by atoms with Gasteiger partial charge in [-0.1, -0.05) is 18.2 Å². The summed E-state index contributed by atoms with van der Waals surface area (Å²) in [5, 5.41) is 4.68. The minimum atomic E-state index is 0.346. The highest BCUT2D eigenvalue weighted by Gasteiger charge is 2.24. The van der Waals surface area contributed by atoms with Crippen LogP contribution in [0.25, 0.3) is 10.2 Å². The van der Waals surface area contributed by atoms with Crippen LogP contribution in [0.4, 0.5) is 5.69 Å². The molecule has 136 valence electrons. The van der Waals surface area contributed by atoms with Crippen molar-refractivity contribution in [1.82, 2.24) is 9.88 Å². The molecule has 1 unspecified atom stereocenters. The first kappa shape index (κ1) is 17.3. The van der Waals surface area contributed by atoms with E-state index < -0.39 is 0 Å². The highest BCUT2D eigenvalue weighted by atomic mass is 32.1. The van der Waals surface area contributed by atoms with Gasteiger partial charge in [0.1, 0.15) is 10.8 Å². The van der Waals surface area contributed by atoms with Crippen LogP contribution in [0.1, 0.15) is 22.9 Å². The second-order valence-corrected chi connectivity index (χ2v) is 8.20. The third-order valence-corrected chi connectivity index (χ3v) is 5.94. The first-order valence-corrected chi connectivity index (χ1v) is 10.0. The molecule has 1 aliphatic heterocycles. The van der Waals surface area contributed by atoms with Crippen LogP contribution in [-0.4, -0.2) is 43.7 Å². The predicted octanol–water partition coefficient (Wildman–Crippen LogP) is 4.38. The number of fused-ring (bicyclic) bond motifs is 2. The zero-order chi connectivity index (χ0) is 17.9. The summed E-state index contributed by atoms with van der Waals surface area (Å²) in [6.45, 7) is 2.78. The molecule has 0 bridgehead atoms. The van der Waals surface area contributed by atoms with Gasteiger partial charge in [-0.05, 0) is 57.2 Å². The topological polar surface area (TPSA) is 37.4 Å². The fourth-order valence-corrected chi connectivity index (χ4v) is 4.39. The highest BCUT2D eigenvalue weighted by molar-refractivity contribution is 7.18. The first-order valence-electron chi connectivity index (χ1n) is 9.19. The number of ether oxygens (including phenoxy) is 1. The van der Waals surface area contributed by atoms with E-state index in [1.54, 1.807) is 11.3 Å². The van der Waals surface area contributed by atoms with Crippen LogP contribution in [0.3, 0.4) is 0 Å². The Morgan fingerprint density at radius 1 is 1.23 bits per heavy atom. The summed E-state index contributed by atoms with van der Waals surface area (Å²) in [6, 6.07) is 14.8. The summed E-state index contributed by atoms with van der Waals surface area (Å²) in [6.07, 6.45) is 2.13. The number of hydrogen-bond acceptors (Lipinski definition) is 5. The molecule has 1 atom stereocenters. The van der Waals surface area contributed by atoms with Crippen LogP contribution in [0.2, 0.25) is 0 Å². The molecule has 0 aliphatic carbocycles. The van der Waals surface area contributed by atoms with Gasteiger partial charge in [-0.2, -0.15) is 0 Å². The van der Waals surface area contributed by atoms with Gasteiger partial charge in [-0.15, -0.1) is 11.3 Å². The van der Waals surface area contributed by atoms with E-state index in [1.807, 2.05) is 6.07 Å².